The molecule has 74 valence electrons. The molecule has 2 aromatic rings. The van der Waals surface area contributed by atoms with Crippen molar-refractivity contribution in [1.29, 1.82) is 0 Å². The maximum atomic E-state index is 2.24. The smallest absolute Gasteiger partial charge is 0.0579 e. The number of hydrogen-bond acceptors (Lipinski definition) is 1. The zero-order valence-corrected chi connectivity index (χ0v) is 9.64. The number of aryl methyl sites for hydroxylation is 1. The lowest BCUT2D eigenvalue weighted by Crippen LogP contribution is -1.85. The standard InChI is InChI=1S/C12H15NS/c1-9(2)11-6-7-12(14-11)10-5-4-8-13(10)3/h4-9H,1-3H3. The normalized spacial score (nSPS) is 11.1. The zero-order valence-electron chi connectivity index (χ0n) is 8.82. The zero-order chi connectivity index (χ0) is 10.1. The van der Waals surface area contributed by atoms with Gasteiger partial charge in [-0.2, -0.15) is 0 Å². The Morgan fingerprint density at radius 2 is 2.00 bits per heavy atom. The molecule has 0 bridgehead atoms. The minimum absolute atomic E-state index is 0.633. The number of hydrogen-bond donors (Lipinski definition) is 0. The molecule has 2 aromatic heterocycles. The van der Waals surface area contributed by atoms with Gasteiger partial charge in [-0.3, -0.25) is 0 Å². The van der Waals surface area contributed by atoms with Crippen molar-refractivity contribution in [3.8, 4) is 10.6 Å². The van der Waals surface area contributed by atoms with E-state index in [-0.39, 0.29) is 0 Å². The van der Waals surface area contributed by atoms with Crippen molar-refractivity contribution < 1.29 is 0 Å². The summed E-state index contributed by atoms with van der Waals surface area (Å²) in [6, 6.07) is 8.70. The molecule has 0 N–H and O–H groups in total. The van der Waals surface area contributed by atoms with Crippen LogP contribution in [0.3, 0.4) is 0 Å². The van der Waals surface area contributed by atoms with Crippen LogP contribution in [0.4, 0.5) is 0 Å². The van der Waals surface area contributed by atoms with E-state index in [1.165, 1.54) is 15.4 Å². The van der Waals surface area contributed by atoms with Crippen LogP contribution in [0, 0.1) is 0 Å². The maximum absolute atomic E-state index is 2.24. The SMILES string of the molecule is CC(C)c1ccc(-c2cccn2C)s1. The topological polar surface area (TPSA) is 4.93 Å². The molecule has 0 unspecified atom stereocenters. The lowest BCUT2D eigenvalue weighted by Gasteiger charge is -2.00. The van der Waals surface area contributed by atoms with Gasteiger partial charge in [0.1, 0.15) is 0 Å². The Balaban J connectivity index is 2.39. The second kappa shape index (κ2) is 3.62. The summed E-state index contributed by atoms with van der Waals surface area (Å²) in [6.45, 7) is 4.47. The average Bonchev–Trinajstić information content (AvgIpc) is 2.71. The van der Waals surface area contributed by atoms with E-state index in [0.717, 1.165) is 0 Å². The van der Waals surface area contributed by atoms with Crippen molar-refractivity contribution in [3.05, 3.63) is 35.3 Å². The predicted molar refractivity (Wildman–Crippen MR) is 62.8 cm³/mol. The van der Waals surface area contributed by atoms with E-state index in [4.69, 9.17) is 0 Å². The number of rotatable bonds is 2. The third kappa shape index (κ3) is 1.62. The molecule has 0 radical (unpaired) electrons. The van der Waals surface area contributed by atoms with Gasteiger partial charge in [0.2, 0.25) is 0 Å². The number of aromatic nitrogens is 1. The summed E-state index contributed by atoms with van der Waals surface area (Å²) in [4.78, 5) is 2.82. The van der Waals surface area contributed by atoms with E-state index in [2.05, 4.69) is 55.9 Å². The Morgan fingerprint density at radius 3 is 2.50 bits per heavy atom. The highest BCUT2D eigenvalue weighted by atomic mass is 32.1. The van der Waals surface area contributed by atoms with Gasteiger partial charge in [-0.05, 0) is 30.2 Å². The fourth-order valence-corrected chi connectivity index (χ4v) is 2.60. The van der Waals surface area contributed by atoms with Crippen molar-refractivity contribution in [1.82, 2.24) is 4.57 Å². The molecule has 2 rings (SSSR count). The second-order valence-electron chi connectivity index (χ2n) is 3.86. The van der Waals surface area contributed by atoms with E-state index in [1.807, 2.05) is 11.3 Å². The molecule has 2 heterocycles. The number of thiophene rings is 1. The summed E-state index contributed by atoms with van der Waals surface area (Å²) in [6.07, 6.45) is 2.09. The van der Waals surface area contributed by atoms with Crippen LogP contribution < -0.4 is 0 Å². The van der Waals surface area contributed by atoms with Gasteiger partial charge in [-0.1, -0.05) is 13.8 Å². The van der Waals surface area contributed by atoms with Gasteiger partial charge in [0.25, 0.3) is 0 Å². The fourth-order valence-electron chi connectivity index (χ4n) is 1.52. The first kappa shape index (κ1) is 9.53. The first-order chi connectivity index (χ1) is 6.68. The Bertz CT molecular complexity index is 423. The predicted octanol–water partition coefficient (Wildman–Crippen LogP) is 3.88. The molecular formula is C12H15NS. The summed E-state index contributed by atoms with van der Waals surface area (Å²) in [5.74, 6) is 0.633. The van der Waals surface area contributed by atoms with Crippen LogP contribution in [0.2, 0.25) is 0 Å². The summed E-state index contributed by atoms with van der Waals surface area (Å²) in [5, 5.41) is 0. The molecule has 0 amide bonds. The molecule has 2 heteroatoms. The highest BCUT2D eigenvalue weighted by molar-refractivity contribution is 7.15. The third-order valence-corrected chi connectivity index (χ3v) is 3.80. The van der Waals surface area contributed by atoms with E-state index >= 15 is 0 Å². The van der Waals surface area contributed by atoms with E-state index in [1.54, 1.807) is 0 Å². The van der Waals surface area contributed by atoms with Crippen LogP contribution in [0.15, 0.2) is 30.5 Å². The fraction of sp³-hybridized carbons (Fsp3) is 0.333. The van der Waals surface area contributed by atoms with Gasteiger partial charge in [0.05, 0.1) is 10.6 Å². The lowest BCUT2D eigenvalue weighted by atomic mass is 10.2. The van der Waals surface area contributed by atoms with Crippen LogP contribution >= 0.6 is 11.3 Å². The Hall–Kier alpha value is -1.02. The molecule has 0 atom stereocenters. The second-order valence-corrected chi connectivity index (χ2v) is 4.98. The summed E-state index contributed by atoms with van der Waals surface area (Å²) in [7, 11) is 2.09. The average molecular weight is 205 g/mol. The molecule has 0 aromatic carbocycles. The molecule has 0 saturated carbocycles. The molecule has 0 spiro atoms. The van der Waals surface area contributed by atoms with Gasteiger partial charge in [0, 0.05) is 18.1 Å². The Labute approximate surface area is 89.0 Å². The van der Waals surface area contributed by atoms with Gasteiger partial charge >= 0.3 is 0 Å². The van der Waals surface area contributed by atoms with Crippen molar-refractivity contribution in [3.63, 3.8) is 0 Å². The van der Waals surface area contributed by atoms with Gasteiger partial charge < -0.3 is 4.57 Å². The molecule has 0 aliphatic heterocycles. The molecule has 0 saturated heterocycles. The third-order valence-electron chi connectivity index (χ3n) is 2.39. The first-order valence-corrected chi connectivity index (χ1v) is 5.71. The Morgan fingerprint density at radius 1 is 1.21 bits per heavy atom. The molecular weight excluding hydrogens is 190 g/mol. The van der Waals surface area contributed by atoms with E-state index in [0.29, 0.717) is 5.92 Å². The van der Waals surface area contributed by atoms with E-state index in [9.17, 15) is 0 Å². The van der Waals surface area contributed by atoms with Crippen molar-refractivity contribution in [2.24, 2.45) is 7.05 Å². The monoisotopic (exact) mass is 205 g/mol. The quantitative estimate of drug-likeness (QED) is 0.701. The highest BCUT2D eigenvalue weighted by Crippen LogP contribution is 2.31. The van der Waals surface area contributed by atoms with Crippen molar-refractivity contribution in [2.45, 2.75) is 19.8 Å². The summed E-state index contributed by atoms with van der Waals surface area (Å²) >= 11 is 1.89. The minimum Gasteiger partial charge on any atom is -0.350 e. The lowest BCUT2D eigenvalue weighted by molar-refractivity contribution is 0.890. The van der Waals surface area contributed by atoms with E-state index < -0.39 is 0 Å². The molecule has 0 fully saturated rings. The first-order valence-electron chi connectivity index (χ1n) is 4.90. The van der Waals surface area contributed by atoms with Crippen molar-refractivity contribution in [2.75, 3.05) is 0 Å². The van der Waals surface area contributed by atoms with Crippen molar-refractivity contribution >= 4 is 11.3 Å². The number of nitrogens with zero attached hydrogens (tertiary/aromatic N) is 1. The van der Waals surface area contributed by atoms with Crippen LogP contribution in [0.5, 0.6) is 0 Å². The molecule has 1 nitrogen and oxygen atoms in total. The molecule has 14 heavy (non-hydrogen) atoms. The Kier molecular flexibility index (Phi) is 2.46. The van der Waals surface area contributed by atoms with Crippen LogP contribution in [-0.2, 0) is 7.05 Å². The minimum atomic E-state index is 0.633. The molecule has 0 aliphatic carbocycles. The summed E-state index contributed by atoms with van der Waals surface area (Å²) < 4.78 is 2.16. The largest absolute Gasteiger partial charge is 0.350 e. The summed E-state index contributed by atoms with van der Waals surface area (Å²) in [5.41, 5.74) is 1.31. The van der Waals surface area contributed by atoms with Crippen LogP contribution in [0.1, 0.15) is 24.6 Å². The van der Waals surface area contributed by atoms with Crippen LogP contribution in [0.25, 0.3) is 10.6 Å². The molecule has 0 aliphatic rings. The van der Waals surface area contributed by atoms with Gasteiger partial charge in [-0.15, -0.1) is 11.3 Å². The van der Waals surface area contributed by atoms with Gasteiger partial charge in [0.15, 0.2) is 0 Å². The maximum Gasteiger partial charge on any atom is 0.0579 e. The van der Waals surface area contributed by atoms with Gasteiger partial charge in [-0.25, -0.2) is 0 Å². The van der Waals surface area contributed by atoms with Crippen LogP contribution in [-0.4, -0.2) is 4.57 Å². The highest BCUT2D eigenvalue weighted by Gasteiger charge is 2.07.